The Balaban J connectivity index is 2.40. The summed E-state index contributed by atoms with van der Waals surface area (Å²) in [6, 6.07) is 7.36. The van der Waals surface area contributed by atoms with E-state index in [1.54, 1.807) is 24.3 Å². The number of hydrogen-bond acceptors (Lipinski definition) is 4. The van der Waals surface area contributed by atoms with Gasteiger partial charge < -0.3 is 19.9 Å². The number of carboxylic acids is 1. The minimum Gasteiger partial charge on any atom is -0.496 e. The molecule has 1 unspecified atom stereocenters. The molecule has 0 heterocycles. The van der Waals surface area contributed by atoms with Crippen molar-refractivity contribution in [3.05, 3.63) is 58.1 Å². The second kappa shape index (κ2) is 7.91. The number of aryl methyl sites for hydroxylation is 1. The van der Waals surface area contributed by atoms with Crippen LogP contribution < -0.4 is 14.8 Å². The highest BCUT2D eigenvalue weighted by Gasteiger charge is 2.25. The lowest BCUT2D eigenvalue weighted by Crippen LogP contribution is -2.34. The Kier molecular flexibility index (Phi) is 5.87. The highest BCUT2D eigenvalue weighted by molar-refractivity contribution is 5.97. The summed E-state index contributed by atoms with van der Waals surface area (Å²) >= 11 is 0. The number of carboxylic acid groups (broad SMARTS) is 1. The van der Waals surface area contributed by atoms with Crippen LogP contribution in [0.25, 0.3) is 0 Å². The summed E-state index contributed by atoms with van der Waals surface area (Å²) in [6.45, 7) is 5.55. The standard InChI is InChI=1S/C20H23NO5/c1-11-7-6-8-15(12(11)2)18(20(23)24)21-19(22)14-9-16(25-4)13(3)17(10-14)26-5/h6-10,18H,1-5H3,(H,21,22)(H,23,24). The fraction of sp³-hybridized carbons (Fsp3) is 0.300. The molecule has 2 aromatic carbocycles. The van der Waals surface area contributed by atoms with Gasteiger partial charge in [-0.25, -0.2) is 4.79 Å². The Morgan fingerprint density at radius 2 is 1.58 bits per heavy atom. The Morgan fingerprint density at radius 1 is 1.00 bits per heavy atom. The topological polar surface area (TPSA) is 84.9 Å². The summed E-state index contributed by atoms with van der Waals surface area (Å²) in [5, 5.41) is 12.2. The largest absolute Gasteiger partial charge is 0.496 e. The highest BCUT2D eigenvalue weighted by atomic mass is 16.5. The van der Waals surface area contributed by atoms with Crippen LogP contribution in [0.1, 0.15) is 38.7 Å². The Morgan fingerprint density at radius 3 is 2.08 bits per heavy atom. The normalized spacial score (nSPS) is 11.6. The first-order valence-corrected chi connectivity index (χ1v) is 8.12. The zero-order valence-corrected chi connectivity index (χ0v) is 15.5. The molecule has 0 aliphatic heterocycles. The number of hydrogen-bond donors (Lipinski definition) is 2. The summed E-state index contributed by atoms with van der Waals surface area (Å²) in [5.74, 6) is -0.658. The maximum Gasteiger partial charge on any atom is 0.330 e. The molecule has 0 aromatic heterocycles. The van der Waals surface area contributed by atoms with Gasteiger partial charge in [-0.3, -0.25) is 4.79 Å². The van der Waals surface area contributed by atoms with Crippen molar-refractivity contribution in [1.29, 1.82) is 0 Å². The molecule has 0 bridgehead atoms. The van der Waals surface area contributed by atoms with Crippen LogP contribution in [-0.4, -0.2) is 31.2 Å². The van der Waals surface area contributed by atoms with E-state index in [9.17, 15) is 14.7 Å². The van der Waals surface area contributed by atoms with Crippen molar-refractivity contribution in [2.75, 3.05) is 14.2 Å². The summed E-state index contributed by atoms with van der Waals surface area (Å²) in [6.07, 6.45) is 0. The molecule has 6 heteroatoms. The number of carbonyl (C=O) groups excluding carboxylic acids is 1. The quantitative estimate of drug-likeness (QED) is 0.829. The van der Waals surface area contributed by atoms with Gasteiger partial charge in [-0.15, -0.1) is 0 Å². The number of rotatable bonds is 6. The zero-order valence-electron chi connectivity index (χ0n) is 15.5. The van der Waals surface area contributed by atoms with Gasteiger partial charge in [0.2, 0.25) is 0 Å². The van der Waals surface area contributed by atoms with Crippen LogP contribution in [0.5, 0.6) is 11.5 Å². The number of nitrogens with one attached hydrogen (secondary N) is 1. The molecule has 0 aliphatic rings. The predicted octanol–water partition coefficient (Wildman–Crippen LogP) is 3.18. The number of carbonyl (C=O) groups is 2. The molecular formula is C20H23NO5. The Bertz CT molecular complexity index is 819. The van der Waals surface area contributed by atoms with E-state index >= 15 is 0 Å². The Hall–Kier alpha value is -3.02. The van der Waals surface area contributed by atoms with Gasteiger partial charge in [-0.1, -0.05) is 18.2 Å². The molecule has 6 nitrogen and oxygen atoms in total. The third-order valence-electron chi connectivity index (χ3n) is 4.49. The van der Waals surface area contributed by atoms with Crippen LogP contribution in [0.2, 0.25) is 0 Å². The predicted molar refractivity (Wildman–Crippen MR) is 98.0 cm³/mol. The average molecular weight is 357 g/mol. The van der Waals surface area contributed by atoms with E-state index in [1.165, 1.54) is 14.2 Å². The monoisotopic (exact) mass is 357 g/mol. The SMILES string of the molecule is COc1cc(C(=O)NC(C(=O)O)c2cccc(C)c2C)cc(OC)c1C. The number of methoxy groups -OCH3 is 2. The van der Waals surface area contributed by atoms with E-state index in [4.69, 9.17) is 9.47 Å². The molecule has 0 saturated carbocycles. The van der Waals surface area contributed by atoms with E-state index in [-0.39, 0.29) is 5.56 Å². The van der Waals surface area contributed by atoms with Crippen molar-refractivity contribution in [3.8, 4) is 11.5 Å². The van der Waals surface area contributed by atoms with Gasteiger partial charge in [-0.2, -0.15) is 0 Å². The van der Waals surface area contributed by atoms with E-state index in [0.717, 1.165) is 16.7 Å². The lowest BCUT2D eigenvalue weighted by Gasteiger charge is -2.19. The van der Waals surface area contributed by atoms with Crippen molar-refractivity contribution in [2.45, 2.75) is 26.8 Å². The van der Waals surface area contributed by atoms with Crippen LogP contribution in [0.4, 0.5) is 0 Å². The van der Waals surface area contributed by atoms with Gasteiger partial charge in [0.1, 0.15) is 11.5 Å². The van der Waals surface area contributed by atoms with Gasteiger partial charge in [-0.05, 0) is 49.6 Å². The van der Waals surface area contributed by atoms with E-state index in [1.807, 2.05) is 26.8 Å². The van der Waals surface area contributed by atoms with Gasteiger partial charge in [0.25, 0.3) is 5.91 Å². The van der Waals surface area contributed by atoms with Crippen molar-refractivity contribution in [2.24, 2.45) is 0 Å². The maximum absolute atomic E-state index is 12.7. The fourth-order valence-corrected chi connectivity index (χ4v) is 2.79. The van der Waals surface area contributed by atoms with Gasteiger partial charge in [0.05, 0.1) is 14.2 Å². The maximum atomic E-state index is 12.7. The van der Waals surface area contributed by atoms with Crippen LogP contribution in [0.15, 0.2) is 30.3 Å². The van der Waals surface area contributed by atoms with E-state index in [0.29, 0.717) is 17.1 Å². The minimum absolute atomic E-state index is 0.265. The summed E-state index contributed by atoms with van der Waals surface area (Å²) in [5.41, 5.74) is 3.37. The molecular weight excluding hydrogens is 334 g/mol. The molecule has 0 radical (unpaired) electrons. The summed E-state index contributed by atoms with van der Waals surface area (Å²) in [4.78, 5) is 24.5. The third kappa shape index (κ3) is 3.79. The first-order chi connectivity index (χ1) is 12.3. The highest BCUT2D eigenvalue weighted by Crippen LogP contribution is 2.30. The van der Waals surface area contributed by atoms with E-state index < -0.39 is 17.9 Å². The van der Waals surface area contributed by atoms with Crippen molar-refractivity contribution >= 4 is 11.9 Å². The fourth-order valence-electron chi connectivity index (χ4n) is 2.79. The van der Waals surface area contributed by atoms with Crippen molar-refractivity contribution in [1.82, 2.24) is 5.32 Å². The van der Waals surface area contributed by atoms with Gasteiger partial charge in [0.15, 0.2) is 6.04 Å². The van der Waals surface area contributed by atoms with Crippen LogP contribution in [0.3, 0.4) is 0 Å². The number of ether oxygens (including phenoxy) is 2. The van der Waals surface area contributed by atoms with E-state index in [2.05, 4.69) is 5.32 Å². The second-order valence-electron chi connectivity index (χ2n) is 6.04. The van der Waals surface area contributed by atoms with Crippen LogP contribution in [-0.2, 0) is 4.79 Å². The average Bonchev–Trinajstić information content (AvgIpc) is 2.62. The lowest BCUT2D eigenvalue weighted by molar-refractivity contribution is -0.139. The summed E-state index contributed by atoms with van der Waals surface area (Å²) < 4.78 is 10.5. The van der Waals surface area contributed by atoms with Crippen molar-refractivity contribution < 1.29 is 24.2 Å². The minimum atomic E-state index is -1.15. The van der Waals surface area contributed by atoms with Crippen molar-refractivity contribution in [3.63, 3.8) is 0 Å². The Labute approximate surface area is 152 Å². The lowest BCUT2D eigenvalue weighted by atomic mass is 9.97. The number of aliphatic carboxylic acids is 1. The third-order valence-corrected chi connectivity index (χ3v) is 4.49. The molecule has 138 valence electrons. The molecule has 26 heavy (non-hydrogen) atoms. The molecule has 0 saturated heterocycles. The molecule has 0 fully saturated rings. The molecule has 2 N–H and O–H groups in total. The molecule has 0 aliphatic carbocycles. The first-order valence-electron chi connectivity index (χ1n) is 8.12. The molecule has 2 aromatic rings. The van der Waals surface area contributed by atoms with Gasteiger partial charge >= 0.3 is 5.97 Å². The number of amides is 1. The van der Waals surface area contributed by atoms with Crippen LogP contribution in [0, 0.1) is 20.8 Å². The zero-order chi connectivity index (χ0) is 19.4. The first kappa shape index (κ1) is 19.3. The van der Waals surface area contributed by atoms with Crippen LogP contribution >= 0.6 is 0 Å². The molecule has 1 amide bonds. The second-order valence-corrected chi connectivity index (χ2v) is 6.04. The smallest absolute Gasteiger partial charge is 0.330 e. The number of benzene rings is 2. The molecule has 0 spiro atoms. The molecule has 1 atom stereocenters. The van der Waals surface area contributed by atoms with Gasteiger partial charge in [0, 0.05) is 11.1 Å². The molecule has 2 rings (SSSR count). The summed E-state index contributed by atoms with van der Waals surface area (Å²) in [7, 11) is 3.00.